The zero-order chi connectivity index (χ0) is 11.7. The number of carbonyl (C=O) groups is 1. The summed E-state index contributed by atoms with van der Waals surface area (Å²) >= 11 is 0. The quantitative estimate of drug-likeness (QED) is 0.613. The number of hydrogen-bond donors (Lipinski definition) is 1. The minimum absolute atomic E-state index is 0.0740. The number of rotatable bonds is 2. The first-order valence-corrected chi connectivity index (χ1v) is 4.36. The van der Waals surface area contributed by atoms with E-state index in [-0.39, 0.29) is 11.4 Å². The summed E-state index contributed by atoms with van der Waals surface area (Å²) in [4.78, 5) is 24.6. The summed E-state index contributed by atoms with van der Waals surface area (Å²) in [6.07, 6.45) is 1.31. The lowest BCUT2D eigenvalue weighted by atomic mass is 10.1. The van der Waals surface area contributed by atoms with Gasteiger partial charge in [-0.3, -0.25) is 10.1 Å². The molecule has 2 rings (SSSR count). The summed E-state index contributed by atoms with van der Waals surface area (Å²) in [5.41, 5.74) is -0.178. The maximum atomic E-state index is 10.8. The Hall–Kier alpha value is -2.50. The number of aromatic carboxylic acids is 1. The number of benzene rings is 1. The lowest BCUT2D eigenvalue weighted by Crippen LogP contribution is -2.00. The SMILES string of the molecule is O=C(O)c1nccc2cc([N+](=O)[O-])ccc12. The molecule has 0 spiro atoms. The molecule has 1 heterocycles. The van der Waals surface area contributed by atoms with Gasteiger partial charge in [-0.2, -0.15) is 0 Å². The first-order valence-electron chi connectivity index (χ1n) is 4.36. The van der Waals surface area contributed by atoms with Crippen molar-refractivity contribution < 1.29 is 14.8 Å². The fraction of sp³-hybridized carbons (Fsp3) is 0. The molecule has 0 aliphatic rings. The summed E-state index contributed by atoms with van der Waals surface area (Å²) in [7, 11) is 0. The molecule has 6 heteroatoms. The molecular formula is C10H6N2O4. The second-order valence-electron chi connectivity index (χ2n) is 3.13. The van der Waals surface area contributed by atoms with Crippen LogP contribution < -0.4 is 0 Å². The topological polar surface area (TPSA) is 93.3 Å². The van der Waals surface area contributed by atoms with Crippen molar-refractivity contribution in [3.63, 3.8) is 0 Å². The third kappa shape index (κ3) is 1.56. The van der Waals surface area contributed by atoms with Crippen molar-refractivity contribution in [3.8, 4) is 0 Å². The second kappa shape index (κ2) is 3.58. The van der Waals surface area contributed by atoms with Crippen LogP contribution in [0.25, 0.3) is 10.8 Å². The maximum absolute atomic E-state index is 10.8. The number of carboxylic acid groups (broad SMARTS) is 1. The highest BCUT2D eigenvalue weighted by molar-refractivity contribution is 6.02. The van der Waals surface area contributed by atoms with Crippen LogP contribution in [0.3, 0.4) is 0 Å². The molecule has 1 aromatic heterocycles. The molecule has 0 amide bonds. The van der Waals surface area contributed by atoms with Gasteiger partial charge in [0.2, 0.25) is 0 Å². The van der Waals surface area contributed by atoms with Crippen molar-refractivity contribution in [2.24, 2.45) is 0 Å². The van der Waals surface area contributed by atoms with Crippen LogP contribution in [0.5, 0.6) is 0 Å². The lowest BCUT2D eigenvalue weighted by molar-refractivity contribution is -0.384. The normalized spacial score (nSPS) is 10.2. The standard InChI is InChI=1S/C10H6N2O4/c13-10(14)9-8-2-1-7(12(15)16)5-6(8)3-4-11-9/h1-5H,(H,13,14). The van der Waals surface area contributed by atoms with Crippen LogP contribution in [0.1, 0.15) is 10.5 Å². The highest BCUT2D eigenvalue weighted by atomic mass is 16.6. The molecule has 16 heavy (non-hydrogen) atoms. The molecule has 1 N–H and O–H groups in total. The average molecular weight is 218 g/mol. The third-order valence-corrected chi connectivity index (χ3v) is 2.16. The van der Waals surface area contributed by atoms with Crippen molar-refractivity contribution in [1.29, 1.82) is 0 Å². The van der Waals surface area contributed by atoms with Gasteiger partial charge in [0.05, 0.1) is 4.92 Å². The number of aromatic nitrogens is 1. The Morgan fingerprint density at radius 3 is 2.75 bits per heavy atom. The van der Waals surface area contributed by atoms with Crippen molar-refractivity contribution in [2.75, 3.05) is 0 Å². The van der Waals surface area contributed by atoms with E-state index in [1.165, 1.54) is 30.5 Å². The van der Waals surface area contributed by atoms with Crippen molar-refractivity contribution in [1.82, 2.24) is 4.98 Å². The number of fused-ring (bicyclic) bond motifs is 1. The number of pyridine rings is 1. The summed E-state index contributed by atoms with van der Waals surface area (Å²) in [6, 6.07) is 5.51. The zero-order valence-corrected chi connectivity index (χ0v) is 7.95. The van der Waals surface area contributed by atoms with E-state index >= 15 is 0 Å². The number of non-ortho nitro benzene ring substituents is 1. The van der Waals surface area contributed by atoms with E-state index in [2.05, 4.69) is 4.98 Å². The summed E-state index contributed by atoms with van der Waals surface area (Å²) < 4.78 is 0. The van der Waals surface area contributed by atoms with Gasteiger partial charge in [-0.25, -0.2) is 9.78 Å². The molecule has 0 unspecified atom stereocenters. The van der Waals surface area contributed by atoms with Crippen molar-refractivity contribution in [3.05, 3.63) is 46.3 Å². The first-order chi connectivity index (χ1) is 7.59. The van der Waals surface area contributed by atoms with E-state index < -0.39 is 10.9 Å². The second-order valence-corrected chi connectivity index (χ2v) is 3.13. The predicted octanol–water partition coefficient (Wildman–Crippen LogP) is 1.84. The number of nitro groups is 1. The number of nitro benzene ring substituents is 1. The van der Waals surface area contributed by atoms with Crippen LogP contribution in [0.15, 0.2) is 30.5 Å². The van der Waals surface area contributed by atoms with E-state index in [4.69, 9.17) is 5.11 Å². The largest absolute Gasteiger partial charge is 0.476 e. The van der Waals surface area contributed by atoms with Gasteiger partial charge in [-0.15, -0.1) is 0 Å². The number of hydrogen-bond acceptors (Lipinski definition) is 4. The van der Waals surface area contributed by atoms with Gasteiger partial charge in [0.1, 0.15) is 0 Å². The summed E-state index contributed by atoms with van der Waals surface area (Å²) in [5, 5.41) is 20.3. The fourth-order valence-corrected chi connectivity index (χ4v) is 1.45. The zero-order valence-electron chi connectivity index (χ0n) is 7.95. The molecule has 0 radical (unpaired) electrons. The maximum Gasteiger partial charge on any atom is 0.355 e. The Labute approximate surface area is 89.3 Å². The van der Waals surface area contributed by atoms with Gasteiger partial charge < -0.3 is 5.11 Å². The Balaban J connectivity index is 2.73. The van der Waals surface area contributed by atoms with Crippen LogP contribution in [-0.2, 0) is 0 Å². The van der Waals surface area contributed by atoms with E-state index in [0.717, 1.165) is 0 Å². The lowest BCUT2D eigenvalue weighted by Gasteiger charge is -2.00. The third-order valence-electron chi connectivity index (χ3n) is 2.16. The van der Waals surface area contributed by atoms with Gasteiger partial charge in [0, 0.05) is 23.7 Å². The van der Waals surface area contributed by atoms with E-state index in [0.29, 0.717) is 10.8 Å². The van der Waals surface area contributed by atoms with Crippen LogP contribution >= 0.6 is 0 Å². The first kappa shape index (κ1) is 10.0. The Kier molecular flexibility index (Phi) is 2.24. The molecule has 0 bridgehead atoms. The Morgan fingerprint density at radius 2 is 2.12 bits per heavy atom. The highest BCUT2D eigenvalue weighted by Crippen LogP contribution is 2.22. The Morgan fingerprint density at radius 1 is 1.38 bits per heavy atom. The van der Waals surface area contributed by atoms with Gasteiger partial charge in [0.15, 0.2) is 5.69 Å². The van der Waals surface area contributed by atoms with Gasteiger partial charge in [-0.05, 0) is 17.5 Å². The highest BCUT2D eigenvalue weighted by Gasteiger charge is 2.12. The Bertz CT molecular complexity index is 594. The summed E-state index contributed by atoms with van der Waals surface area (Å²) in [6.45, 7) is 0. The van der Waals surface area contributed by atoms with Crippen molar-refractivity contribution in [2.45, 2.75) is 0 Å². The predicted molar refractivity (Wildman–Crippen MR) is 55.4 cm³/mol. The molecule has 80 valence electrons. The monoisotopic (exact) mass is 218 g/mol. The number of carboxylic acids is 1. The number of nitrogens with zero attached hydrogens (tertiary/aromatic N) is 2. The summed E-state index contributed by atoms with van der Waals surface area (Å²) in [5.74, 6) is -1.15. The average Bonchev–Trinajstić information content (AvgIpc) is 2.27. The molecule has 2 aromatic rings. The molecule has 0 fully saturated rings. The molecule has 0 aliphatic heterocycles. The molecule has 0 aliphatic carbocycles. The van der Waals surface area contributed by atoms with Crippen LogP contribution in [-0.4, -0.2) is 21.0 Å². The van der Waals surface area contributed by atoms with E-state index in [9.17, 15) is 14.9 Å². The minimum atomic E-state index is -1.15. The van der Waals surface area contributed by atoms with Crippen LogP contribution in [0.4, 0.5) is 5.69 Å². The van der Waals surface area contributed by atoms with Crippen LogP contribution in [0, 0.1) is 10.1 Å². The molecule has 1 aromatic carbocycles. The molecular weight excluding hydrogens is 212 g/mol. The fourth-order valence-electron chi connectivity index (χ4n) is 1.45. The van der Waals surface area contributed by atoms with Gasteiger partial charge in [-0.1, -0.05) is 0 Å². The van der Waals surface area contributed by atoms with E-state index in [1.807, 2.05) is 0 Å². The molecule has 6 nitrogen and oxygen atoms in total. The van der Waals surface area contributed by atoms with Gasteiger partial charge >= 0.3 is 5.97 Å². The molecule has 0 atom stereocenters. The van der Waals surface area contributed by atoms with Crippen molar-refractivity contribution >= 4 is 22.4 Å². The molecule has 0 saturated heterocycles. The molecule has 0 saturated carbocycles. The smallest absolute Gasteiger partial charge is 0.355 e. The minimum Gasteiger partial charge on any atom is -0.476 e. The van der Waals surface area contributed by atoms with E-state index in [1.54, 1.807) is 0 Å². The van der Waals surface area contributed by atoms with Crippen LogP contribution in [0.2, 0.25) is 0 Å². The van der Waals surface area contributed by atoms with Gasteiger partial charge in [0.25, 0.3) is 5.69 Å².